The lowest BCUT2D eigenvalue weighted by Gasteiger charge is -2.28. The monoisotopic (exact) mass is 254 g/mol. The van der Waals surface area contributed by atoms with Gasteiger partial charge in [-0.05, 0) is 49.9 Å². The fourth-order valence-corrected chi connectivity index (χ4v) is 1.84. The third-order valence-corrected chi connectivity index (χ3v) is 3.37. The van der Waals surface area contributed by atoms with E-state index < -0.39 is 23.1 Å². The average Bonchev–Trinajstić information content (AvgIpc) is 3.07. The number of rotatable bonds is 5. The summed E-state index contributed by atoms with van der Waals surface area (Å²) in [5.41, 5.74) is 4.33. The first-order valence-electron chi connectivity index (χ1n) is 5.93. The molecule has 0 aromatic heterocycles. The van der Waals surface area contributed by atoms with E-state index in [4.69, 9.17) is 5.73 Å². The Kier molecular flexibility index (Phi) is 3.34. The molecule has 18 heavy (non-hydrogen) atoms. The SMILES string of the molecule is CC(NCC1CC1)(C(N)=O)c1cc(F)cc(F)c1. The molecule has 0 radical (unpaired) electrons. The van der Waals surface area contributed by atoms with E-state index in [0.29, 0.717) is 12.5 Å². The molecule has 1 aromatic carbocycles. The van der Waals surface area contributed by atoms with E-state index in [0.717, 1.165) is 31.0 Å². The molecular weight excluding hydrogens is 238 g/mol. The van der Waals surface area contributed by atoms with Gasteiger partial charge in [-0.15, -0.1) is 0 Å². The lowest BCUT2D eigenvalue weighted by molar-refractivity contribution is -0.124. The molecule has 1 aromatic rings. The van der Waals surface area contributed by atoms with Crippen LogP contribution in [0, 0.1) is 17.6 Å². The lowest BCUT2D eigenvalue weighted by Crippen LogP contribution is -2.51. The molecule has 1 aliphatic rings. The first-order chi connectivity index (χ1) is 8.41. The molecule has 1 fully saturated rings. The summed E-state index contributed by atoms with van der Waals surface area (Å²) in [6.45, 7) is 2.17. The minimum absolute atomic E-state index is 0.216. The molecule has 3 nitrogen and oxygen atoms in total. The van der Waals surface area contributed by atoms with Crippen molar-refractivity contribution in [1.29, 1.82) is 0 Å². The Morgan fingerprint density at radius 2 is 1.94 bits per heavy atom. The van der Waals surface area contributed by atoms with Crippen LogP contribution in [0.4, 0.5) is 8.78 Å². The summed E-state index contributed by atoms with van der Waals surface area (Å²) in [7, 11) is 0. The zero-order chi connectivity index (χ0) is 13.3. The Balaban J connectivity index is 2.28. The molecule has 1 saturated carbocycles. The fraction of sp³-hybridized carbons (Fsp3) is 0.462. The van der Waals surface area contributed by atoms with Gasteiger partial charge in [0.25, 0.3) is 0 Å². The van der Waals surface area contributed by atoms with Gasteiger partial charge in [-0.1, -0.05) is 0 Å². The number of hydrogen-bond acceptors (Lipinski definition) is 2. The van der Waals surface area contributed by atoms with Crippen molar-refractivity contribution in [2.24, 2.45) is 11.7 Å². The van der Waals surface area contributed by atoms with Crippen molar-refractivity contribution >= 4 is 5.91 Å². The summed E-state index contributed by atoms with van der Waals surface area (Å²) in [6.07, 6.45) is 2.22. The molecule has 5 heteroatoms. The van der Waals surface area contributed by atoms with E-state index in [2.05, 4.69) is 5.32 Å². The van der Waals surface area contributed by atoms with Gasteiger partial charge in [0.15, 0.2) is 0 Å². The van der Waals surface area contributed by atoms with Gasteiger partial charge in [0.05, 0.1) is 0 Å². The quantitative estimate of drug-likeness (QED) is 0.839. The maximum Gasteiger partial charge on any atom is 0.242 e. The number of hydrogen-bond donors (Lipinski definition) is 2. The van der Waals surface area contributed by atoms with Crippen LogP contribution in [0.3, 0.4) is 0 Å². The van der Waals surface area contributed by atoms with E-state index in [1.165, 1.54) is 0 Å². The first-order valence-corrected chi connectivity index (χ1v) is 5.93. The predicted octanol–water partition coefficient (Wildman–Crippen LogP) is 1.66. The summed E-state index contributed by atoms with van der Waals surface area (Å²) in [5, 5.41) is 3.02. The molecule has 2 rings (SSSR count). The van der Waals surface area contributed by atoms with Crippen LogP contribution in [-0.2, 0) is 10.3 Å². The van der Waals surface area contributed by atoms with Gasteiger partial charge in [0.1, 0.15) is 17.2 Å². The molecule has 0 saturated heterocycles. The van der Waals surface area contributed by atoms with E-state index in [1.807, 2.05) is 0 Å². The number of nitrogens with one attached hydrogen (secondary N) is 1. The number of halogens is 2. The van der Waals surface area contributed by atoms with Gasteiger partial charge in [-0.3, -0.25) is 10.1 Å². The maximum atomic E-state index is 13.2. The maximum absolute atomic E-state index is 13.2. The van der Waals surface area contributed by atoms with E-state index in [9.17, 15) is 13.6 Å². The molecule has 0 aliphatic heterocycles. The third kappa shape index (κ3) is 2.67. The third-order valence-electron chi connectivity index (χ3n) is 3.37. The molecule has 0 bridgehead atoms. The largest absolute Gasteiger partial charge is 0.368 e. The van der Waals surface area contributed by atoms with Crippen molar-refractivity contribution in [1.82, 2.24) is 5.32 Å². The molecule has 0 heterocycles. The van der Waals surface area contributed by atoms with Gasteiger partial charge in [-0.25, -0.2) is 8.78 Å². The molecule has 0 spiro atoms. The molecule has 1 unspecified atom stereocenters. The summed E-state index contributed by atoms with van der Waals surface area (Å²) >= 11 is 0. The molecule has 1 amide bonds. The number of benzene rings is 1. The Morgan fingerprint density at radius 1 is 1.39 bits per heavy atom. The van der Waals surface area contributed by atoms with Gasteiger partial charge in [0, 0.05) is 6.07 Å². The highest BCUT2D eigenvalue weighted by Gasteiger charge is 2.35. The number of nitrogens with two attached hydrogens (primary N) is 1. The van der Waals surface area contributed by atoms with Crippen molar-refractivity contribution in [2.45, 2.75) is 25.3 Å². The highest BCUT2D eigenvalue weighted by molar-refractivity contribution is 5.85. The van der Waals surface area contributed by atoms with E-state index in [-0.39, 0.29) is 5.56 Å². The zero-order valence-corrected chi connectivity index (χ0v) is 10.2. The first kappa shape index (κ1) is 13.0. The molecule has 1 atom stereocenters. The summed E-state index contributed by atoms with van der Waals surface area (Å²) in [6, 6.07) is 3.03. The Hall–Kier alpha value is -1.49. The lowest BCUT2D eigenvalue weighted by atomic mass is 9.90. The van der Waals surface area contributed by atoms with Crippen LogP contribution in [-0.4, -0.2) is 12.5 Å². The van der Waals surface area contributed by atoms with Crippen LogP contribution >= 0.6 is 0 Å². The van der Waals surface area contributed by atoms with Gasteiger partial charge < -0.3 is 5.73 Å². The number of primary amides is 1. The van der Waals surface area contributed by atoms with E-state index >= 15 is 0 Å². The normalized spacial score (nSPS) is 18.4. The number of carbonyl (C=O) groups is 1. The Bertz CT molecular complexity index is 454. The topological polar surface area (TPSA) is 55.1 Å². The molecular formula is C13H16F2N2O. The van der Waals surface area contributed by atoms with Crippen LogP contribution in [0.5, 0.6) is 0 Å². The Labute approximate surface area is 104 Å². The van der Waals surface area contributed by atoms with Gasteiger partial charge >= 0.3 is 0 Å². The van der Waals surface area contributed by atoms with Crippen LogP contribution in [0.15, 0.2) is 18.2 Å². The summed E-state index contributed by atoms with van der Waals surface area (Å²) in [4.78, 5) is 11.6. The number of carbonyl (C=O) groups excluding carboxylic acids is 1. The van der Waals surface area contributed by atoms with Crippen molar-refractivity contribution in [3.63, 3.8) is 0 Å². The summed E-state index contributed by atoms with van der Waals surface area (Å²) < 4.78 is 26.4. The average molecular weight is 254 g/mol. The minimum atomic E-state index is -1.24. The predicted molar refractivity (Wildman–Crippen MR) is 63.6 cm³/mol. The molecule has 1 aliphatic carbocycles. The summed E-state index contributed by atoms with van der Waals surface area (Å²) in [5.74, 6) is -1.55. The van der Waals surface area contributed by atoms with Crippen LogP contribution < -0.4 is 11.1 Å². The highest BCUT2D eigenvalue weighted by atomic mass is 19.1. The van der Waals surface area contributed by atoms with Gasteiger partial charge in [0.2, 0.25) is 5.91 Å². The second-order valence-electron chi connectivity index (χ2n) is 4.97. The standard InChI is InChI=1S/C13H16F2N2O/c1-13(12(16)18,17-7-8-2-3-8)9-4-10(14)6-11(15)5-9/h4-6,8,17H,2-3,7H2,1H3,(H2,16,18). The van der Waals surface area contributed by atoms with Crippen molar-refractivity contribution in [3.8, 4) is 0 Å². The smallest absolute Gasteiger partial charge is 0.242 e. The van der Waals surface area contributed by atoms with E-state index in [1.54, 1.807) is 6.92 Å². The van der Waals surface area contributed by atoms with Crippen molar-refractivity contribution in [2.75, 3.05) is 6.54 Å². The molecule has 3 N–H and O–H groups in total. The number of amides is 1. The van der Waals surface area contributed by atoms with Crippen LogP contribution in [0.1, 0.15) is 25.3 Å². The fourth-order valence-electron chi connectivity index (χ4n) is 1.84. The Morgan fingerprint density at radius 3 is 2.39 bits per heavy atom. The molecule has 98 valence electrons. The van der Waals surface area contributed by atoms with Crippen LogP contribution in [0.25, 0.3) is 0 Å². The second kappa shape index (κ2) is 4.65. The zero-order valence-electron chi connectivity index (χ0n) is 10.2. The second-order valence-corrected chi connectivity index (χ2v) is 4.97. The van der Waals surface area contributed by atoms with Gasteiger partial charge in [-0.2, -0.15) is 0 Å². The van der Waals surface area contributed by atoms with Crippen molar-refractivity contribution in [3.05, 3.63) is 35.4 Å². The van der Waals surface area contributed by atoms with Crippen molar-refractivity contribution < 1.29 is 13.6 Å². The van der Waals surface area contributed by atoms with Crippen LogP contribution in [0.2, 0.25) is 0 Å². The highest BCUT2D eigenvalue weighted by Crippen LogP contribution is 2.30. The minimum Gasteiger partial charge on any atom is -0.368 e.